The second kappa shape index (κ2) is 6.00. The third-order valence-electron chi connectivity index (χ3n) is 4.03. The molecule has 2 heterocycles. The van der Waals surface area contributed by atoms with Crippen molar-refractivity contribution in [2.75, 3.05) is 11.9 Å². The van der Waals surface area contributed by atoms with Gasteiger partial charge in [0.1, 0.15) is 0 Å². The molecule has 3 amide bonds. The molecule has 0 aromatic carbocycles. The van der Waals surface area contributed by atoms with E-state index in [2.05, 4.69) is 10.3 Å². The van der Waals surface area contributed by atoms with Crippen LogP contribution in [0.2, 0.25) is 0 Å². The zero-order chi connectivity index (χ0) is 15.7. The van der Waals surface area contributed by atoms with Crippen LogP contribution in [0.3, 0.4) is 0 Å². The number of hydrogen-bond acceptors (Lipinski definition) is 5. The summed E-state index contributed by atoms with van der Waals surface area (Å²) >= 11 is 1.39. The molecule has 7 heteroatoms. The molecule has 1 aromatic heterocycles. The largest absolute Gasteiger partial charge is 0.302 e. The van der Waals surface area contributed by atoms with Gasteiger partial charge >= 0.3 is 0 Å². The van der Waals surface area contributed by atoms with Gasteiger partial charge in [0.25, 0.3) is 0 Å². The number of hydrogen-bond donors (Lipinski definition) is 1. The van der Waals surface area contributed by atoms with Crippen LogP contribution in [0, 0.1) is 18.8 Å². The average molecular weight is 319 g/mol. The number of allylic oxidation sites excluding steroid dienone is 2. The summed E-state index contributed by atoms with van der Waals surface area (Å²) in [6.45, 7) is 2.05. The van der Waals surface area contributed by atoms with Crippen molar-refractivity contribution in [3.8, 4) is 0 Å². The minimum atomic E-state index is -0.234. The number of thiazole rings is 1. The number of rotatable bonds is 4. The minimum absolute atomic E-state index is 0.100. The molecular weight excluding hydrogens is 302 g/mol. The van der Waals surface area contributed by atoms with Gasteiger partial charge in [-0.2, -0.15) is 0 Å². The predicted octanol–water partition coefficient (Wildman–Crippen LogP) is 1.73. The van der Waals surface area contributed by atoms with Gasteiger partial charge in [0.2, 0.25) is 17.7 Å². The number of aryl methyl sites for hydroxylation is 1. The van der Waals surface area contributed by atoms with Crippen molar-refractivity contribution < 1.29 is 14.4 Å². The van der Waals surface area contributed by atoms with E-state index in [0.29, 0.717) is 18.0 Å². The standard InChI is InChI=1S/C15H17N3O3S/c1-9-8-16-15(22-9)17-12(19)6-7-18-13(20)10-4-2-3-5-11(10)14(18)21/h2-3,8,10-11H,4-7H2,1H3,(H,16,17,19)/t10-,11+. The van der Waals surface area contributed by atoms with Gasteiger partial charge in [-0.05, 0) is 19.8 Å². The Bertz CT molecular complexity index is 626. The molecule has 1 saturated heterocycles. The second-order valence-electron chi connectivity index (χ2n) is 5.56. The Hall–Kier alpha value is -2.02. The van der Waals surface area contributed by atoms with Crippen LogP contribution in [-0.4, -0.2) is 34.2 Å². The predicted molar refractivity (Wildman–Crippen MR) is 82.2 cm³/mol. The Morgan fingerprint density at radius 1 is 1.32 bits per heavy atom. The summed E-state index contributed by atoms with van der Waals surface area (Å²) in [5, 5.41) is 3.23. The topological polar surface area (TPSA) is 79.4 Å². The van der Waals surface area contributed by atoms with E-state index >= 15 is 0 Å². The van der Waals surface area contributed by atoms with Crippen molar-refractivity contribution in [2.45, 2.75) is 26.2 Å². The summed E-state index contributed by atoms with van der Waals surface area (Å²) in [5.41, 5.74) is 0. The number of anilines is 1. The fourth-order valence-corrected chi connectivity index (χ4v) is 3.58. The lowest BCUT2D eigenvalue weighted by atomic mass is 9.85. The van der Waals surface area contributed by atoms with Crippen LogP contribution < -0.4 is 5.32 Å². The third kappa shape index (κ3) is 2.81. The van der Waals surface area contributed by atoms with Crippen LogP contribution in [0.1, 0.15) is 24.1 Å². The molecule has 0 unspecified atom stereocenters. The van der Waals surface area contributed by atoms with Crippen molar-refractivity contribution >= 4 is 34.2 Å². The molecule has 0 radical (unpaired) electrons. The van der Waals surface area contributed by atoms with Gasteiger partial charge in [0, 0.05) is 24.0 Å². The molecule has 0 spiro atoms. The number of nitrogens with one attached hydrogen (secondary N) is 1. The Morgan fingerprint density at radius 2 is 1.95 bits per heavy atom. The number of aromatic nitrogens is 1. The fraction of sp³-hybridized carbons (Fsp3) is 0.467. The number of carbonyl (C=O) groups is 3. The van der Waals surface area contributed by atoms with E-state index in [1.807, 2.05) is 19.1 Å². The third-order valence-corrected chi connectivity index (χ3v) is 4.86. The SMILES string of the molecule is Cc1cnc(NC(=O)CCN2C(=O)[C@H]3CC=CC[C@H]3C2=O)s1. The van der Waals surface area contributed by atoms with Crippen molar-refractivity contribution in [3.63, 3.8) is 0 Å². The number of nitrogens with zero attached hydrogens (tertiary/aromatic N) is 2. The van der Waals surface area contributed by atoms with Gasteiger partial charge < -0.3 is 5.32 Å². The molecule has 1 aliphatic carbocycles. The summed E-state index contributed by atoms with van der Waals surface area (Å²) in [6, 6.07) is 0. The molecule has 1 aliphatic heterocycles. The van der Waals surface area contributed by atoms with Gasteiger partial charge in [0.05, 0.1) is 11.8 Å². The highest BCUT2D eigenvalue weighted by Crippen LogP contribution is 2.35. The van der Waals surface area contributed by atoms with Crippen molar-refractivity contribution in [3.05, 3.63) is 23.2 Å². The Morgan fingerprint density at radius 3 is 2.50 bits per heavy atom. The van der Waals surface area contributed by atoms with E-state index in [1.54, 1.807) is 6.20 Å². The maximum atomic E-state index is 12.3. The van der Waals surface area contributed by atoms with Crippen LogP contribution in [-0.2, 0) is 14.4 Å². The highest BCUT2D eigenvalue weighted by atomic mass is 32.1. The smallest absolute Gasteiger partial charge is 0.233 e. The maximum absolute atomic E-state index is 12.3. The van der Waals surface area contributed by atoms with E-state index in [-0.39, 0.29) is 42.5 Å². The number of amides is 3. The number of fused-ring (bicyclic) bond motifs is 1. The first-order valence-corrected chi connectivity index (χ1v) is 8.10. The van der Waals surface area contributed by atoms with E-state index in [0.717, 1.165) is 4.88 Å². The number of imide groups is 1. The maximum Gasteiger partial charge on any atom is 0.233 e. The molecule has 0 saturated carbocycles. The molecule has 0 bridgehead atoms. The van der Waals surface area contributed by atoms with E-state index in [9.17, 15) is 14.4 Å². The molecule has 2 aliphatic rings. The van der Waals surface area contributed by atoms with Gasteiger partial charge in [-0.3, -0.25) is 19.3 Å². The first-order valence-electron chi connectivity index (χ1n) is 7.29. The molecule has 3 rings (SSSR count). The van der Waals surface area contributed by atoms with Crippen LogP contribution in [0.4, 0.5) is 5.13 Å². The molecule has 1 fully saturated rings. The van der Waals surface area contributed by atoms with Crippen LogP contribution in [0.5, 0.6) is 0 Å². The molecule has 1 aromatic rings. The van der Waals surface area contributed by atoms with Crippen LogP contribution >= 0.6 is 11.3 Å². The quantitative estimate of drug-likeness (QED) is 0.677. The van der Waals surface area contributed by atoms with Crippen LogP contribution in [0.25, 0.3) is 0 Å². The highest BCUT2D eigenvalue weighted by molar-refractivity contribution is 7.15. The molecule has 22 heavy (non-hydrogen) atoms. The first kappa shape index (κ1) is 14.9. The Balaban J connectivity index is 1.56. The summed E-state index contributed by atoms with van der Waals surface area (Å²) in [4.78, 5) is 42.7. The van der Waals surface area contributed by atoms with Crippen molar-refractivity contribution in [2.24, 2.45) is 11.8 Å². The zero-order valence-corrected chi connectivity index (χ0v) is 13.1. The Kier molecular flexibility index (Phi) is 4.06. The second-order valence-corrected chi connectivity index (χ2v) is 6.79. The first-order chi connectivity index (χ1) is 10.6. The monoisotopic (exact) mass is 319 g/mol. The summed E-state index contributed by atoms with van der Waals surface area (Å²) in [6.07, 6.45) is 6.93. The van der Waals surface area contributed by atoms with Gasteiger partial charge in [0.15, 0.2) is 5.13 Å². The lowest BCUT2D eigenvalue weighted by Gasteiger charge is -2.14. The summed E-state index contributed by atoms with van der Waals surface area (Å²) < 4.78 is 0. The van der Waals surface area contributed by atoms with Crippen molar-refractivity contribution in [1.82, 2.24) is 9.88 Å². The molecule has 1 N–H and O–H groups in total. The molecule has 6 nitrogen and oxygen atoms in total. The van der Waals surface area contributed by atoms with E-state index < -0.39 is 0 Å². The van der Waals surface area contributed by atoms with Gasteiger partial charge in [-0.1, -0.05) is 12.2 Å². The molecule has 2 atom stereocenters. The lowest BCUT2D eigenvalue weighted by Crippen LogP contribution is -2.34. The van der Waals surface area contributed by atoms with Gasteiger partial charge in [-0.25, -0.2) is 4.98 Å². The number of carbonyl (C=O) groups excluding carboxylic acids is 3. The summed E-state index contributed by atoms with van der Waals surface area (Å²) in [5.74, 6) is -0.984. The lowest BCUT2D eigenvalue weighted by molar-refractivity contribution is -0.140. The van der Waals surface area contributed by atoms with E-state index in [1.165, 1.54) is 16.2 Å². The molecular formula is C15H17N3O3S. The van der Waals surface area contributed by atoms with E-state index in [4.69, 9.17) is 0 Å². The minimum Gasteiger partial charge on any atom is -0.302 e. The summed E-state index contributed by atoms with van der Waals surface area (Å²) in [7, 11) is 0. The average Bonchev–Trinajstić information content (AvgIpc) is 3.01. The number of likely N-dealkylation sites (tertiary alicyclic amines) is 1. The zero-order valence-electron chi connectivity index (χ0n) is 12.2. The normalized spacial score (nSPS) is 23.8. The fourth-order valence-electron chi connectivity index (χ4n) is 2.90. The van der Waals surface area contributed by atoms with Crippen LogP contribution in [0.15, 0.2) is 18.3 Å². The highest BCUT2D eigenvalue weighted by Gasteiger charge is 2.46. The Labute approximate surface area is 132 Å². The van der Waals surface area contributed by atoms with Gasteiger partial charge in [-0.15, -0.1) is 11.3 Å². The van der Waals surface area contributed by atoms with Crippen molar-refractivity contribution in [1.29, 1.82) is 0 Å². The molecule has 116 valence electrons.